The molecule has 0 heterocycles. The van der Waals surface area contributed by atoms with Crippen LogP contribution in [0.2, 0.25) is 0 Å². The van der Waals surface area contributed by atoms with Crippen molar-refractivity contribution in [2.75, 3.05) is 19.0 Å². The second-order valence-electron chi connectivity index (χ2n) is 6.64. The number of carbonyl (C=O) groups is 2. The molecule has 0 aromatic heterocycles. The lowest BCUT2D eigenvalue weighted by molar-refractivity contribution is -0.127. The fourth-order valence-electron chi connectivity index (χ4n) is 2.99. The van der Waals surface area contributed by atoms with Crippen molar-refractivity contribution in [1.82, 2.24) is 5.32 Å². The molecule has 2 amide bonds. The van der Waals surface area contributed by atoms with Gasteiger partial charge in [-0.1, -0.05) is 42.5 Å². The molecule has 3 aromatic carbocycles. The van der Waals surface area contributed by atoms with Crippen LogP contribution in [-0.2, 0) is 4.79 Å². The minimum Gasteiger partial charge on any atom is -0.495 e. The van der Waals surface area contributed by atoms with Gasteiger partial charge in [-0.3, -0.25) is 9.59 Å². The molecule has 154 valence electrons. The molecule has 6 nitrogen and oxygen atoms in total. The van der Waals surface area contributed by atoms with Gasteiger partial charge in [-0.15, -0.1) is 6.58 Å². The number of ether oxygens (including phenoxy) is 2. The molecular formula is C24H24N2O4. The number of carbonyl (C=O) groups excluding carboxylic acids is 2. The molecular weight excluding hydrogens is 380 g/mol. The van der Waals surface area contributed by atoms with Crippen LogP contribution in [0.25, 0.3) is 10.8 Å². The first-order valence-corrected chi connectivity index (χ1v) is 9.56. The second kappa shape index (κ2) is 9.60. The Morgan fingerprint density at radius 3 is 2.40 bits per heavy atom. The van der Waals surface area contributed by atoms with Crippen molar-refractivity contribution in [3.8, 4) is 11.5 Å². The number of amides is 2. The third-order valence-electron chi connectivity index (χ3n) is 4.54. The summed E-state index contributed by atoms with van der Waals surface area (Å²) >= 11 is 0. The average Bonchev–Trinajstić information content (AvgIpc) is 2.77. The van der Waals surface area contributed by atoms with Crippen molar-refractivity contribution in [2.45, 2.75) is 13.0 Å². The first-order valence-electron chi connectivity index (χ1n) is 9.56. The highest BCUT2D eigenvalue weighted by Crippen LogP contribution is 2.29. The van der Waals surface area contributed by atoms with Crippen molar-refractivity contribution in [1.29, 1.82) is 0 Å². The van der Waals surface area contributed by atoms with E-state index in [1.807, 2.05) is 36.4 Å². The molecule has 0 saturated carbocycles. The van der Waals surface area contributed by atoms with Gasteiger partial charge in [0, 0.05) is 6.54 Å². The zero-order valence-corrected chi connectivity index (χ0v) is 17.0. The van der Waals surface area contributed by atoms with Crippen molar-refractivity contribution in [3.63, 3.8) is 0 Å². The number of rotatable bonds is 8. The van der Waals surface area contributed by atoms with Crippen molar-refractivity contribution < 1.29 is 19.1 Å². The van der Waals surface area contributed by atoms with Gasteiger partial charge in [0.1, 0.15) is 11.5 Å². The van der Waals surface area contributed by atoms with E-state index in [4.69, 9.17) is 9.47 Å². The highest BCUT2D eigenvalue weighted by atomic mass is 16.5. The van der Waals surface area contributed by atoms with E-state index in [1.54, 1.807) is 44.4 Å². The SMILES string of the molecule is C=CCNC(=O)C(C)Oc1cc2ccccc2cc1C(=O)Nc1ccccc1OC. The van der Waals surface area contributed by atoms with Crippen LogP contribution in [0.5, 0.6) is 11.5 Å². The smallest absolute Gasteiger partial charge is 0.261 e. The maximum Gasteiger partial charge on any atom is 0.261 e. The molecule has 6 heteroatoms. The Kier molecular flexibility index (Phi) is 6.70. The third kappa shape index (κ3) is 4.78. The summed E-state index contributed by atoms with van der Waals surface area (Å²) in [6.07, 6.45) is 0.802. The summed E-state index contributed by atoms with van der Waals surface area (Å²) in [5, 5.41) is 7.35. The summed E-state index contributed by atoms with van der Waals surface area (Å²) in [7, 11) is 1.54. The monoisotopic (exact) mass is 404 g/mol. The topological polar surface area (TPSA) is 76.7 Å². The van der Waals surface area contributed by atoms with Crippen LogP contribution in [-0.4, -0.2) is 31.6 Å². The minimum atomic E-state index is -0.788. The summed E-state index contributed by atoms with van der Waals surface area (Å²) in [4.78, 5) is 25.3. The normalized spacial score (nSPS) is 11.4. The number of hydrogen-bond acceptors (Lipinski definition) is 4. The summed E-state index contributed by atoms with van der Waals surface area (Å²) in [6.45, 7) is 5.56. The Morgan fingerprint density at radius 2 is 1.70 bits per heavy atom. The molecule has 0 radical (unpaired) electrons. The van der Waals surface area contributed by atoms with Gasteiger partial charge < -0.3 is 20.1 Å². The van der Waals surface area contributed by atoms with Crippen LogP contribution < -0.4 is 20.1 Å². The Morgan fingerprint density at radius 1 is 1.03 bits per heavy atom. The number of hydrogen-bond donors (Lipinski definition) is 2. The van der Waals surface area contributed by atoms with Crippen LogP contribution in [0.4, 0.5) is 5.69 Å². The van der Waals surface area contributed by atoms with E-state index in [9.17, 15) is 9.59 Å². The van der Waals surface area contributed by atoms with E-state index in [0.29, 0.717) is 29.3 Å². The van der Waals surface area contributed by atoms with Gasteiger partial charge in [0.2, 0.25) is 0 Å². The minimum absolute atomic E-state index is 0.292. The van der Waals surface area contributed by atoms with Gasteiger partial charge >= 0.3 is 0 Å². The molecule has 1 unspecified atom stereocenters. The maximum atomic E-state index is 13.1. The zero-order chi connectivity index (χ0) is 21.5. The molecule has 0 bridgehead atoms. The zero-order valence-electron chi connectivity index (χ0n) is 17.0. The van der Waals surface area contributed by atoms with Crippen molar-refractivity contribution in [3.05, 3.63) is 78.9 Å². The second-order valence-corrected chi connectivity index (χ2v) is 6.64. The molecule has 0 spiro atoms. The van der Waals surface area contributed by atoms with Gasteiger partial charge in [0.25, 0.3) is 11.8 Å². The van der Waals surface area contributed by atoms with Crippen molar-refractivity contribution >= 4 is 28.3 Å². The molecule has 0 aliphatic rings. The van der Waals surface area contributed by atoms with Crippen molar-refractivity contribution in [2.24, 2.45) is 0 Å². The highest BCUT2D eigenvalue weighted by Gasteiger charge is 2.20. The number of methoxy groups -OCH3 is 1. The van der Waals surface area contributed by atoms with Crippen LogP contribution in [0, 0.1) is 0 Å². The lowest BCUT2D eigenvalue weighted by Gasteiger charge is -2.18. The van der Waals surface area contributed by atoms with Gasteiger partial charge in [-0.2, -0.15) is 0 Å². The first-order chi connectivity index (χ1) is 14.5. The Balaban J connectivity index is 1.95. The lowest BCUT2D eigenvalue weighted by Crippen LogP contribution is -2.36. The van der Waals surface area contributed by atoms with E-state index in [2.05, 4.69) is 17.2 Å². The van der Waals surface area contributed by atoms with E-state index < -0.39 is 6.10 Å². The average molecular weight is 404 g/mol. The predicted molar refractivity (Wildman–Crippen MR) is 118 cm³/mol. The molecule has 3 rings (SSSR count). The number of para-hydroxylation sites is 2. The molecule has 3 aromatic rings. The Bertz CT molecular complexity index is 1080. The number of nitrogens with one attached hydrogen (secondary N) is 2. The quantitative estimate of drug-likeness (QED) is 0.553. The van der Waals surface area contributed by atoms with Crippen LogP contribution >= 0.6 is 0 Å². The Hall–Kier alpha value is -3.80. The summed E-state index contributed by atoms with van der Waals surface area (Å²) in [5.74, 6) is 0.215. The standard InChI is InChI=1S/C24H24N2O4/c1-4-13-25-23(27)16(2)30-22-15-18-10-6-5-9-17(18)14-19(22)24(28)26-20-11-7-8-12-21(20)29-3/h4-12,14-16H,1,13H2,2-3H3,(H,25,27)(H,26,28). The maximum absolute atomic E-state index is 13.1. The molecule has 0 aliphatic heterocycles. The molecule has 1 atom stereocenters. The molecule has 30 heavy (non-hydrogen) atoms. The Labute approximate surface area is 175 Å². The van der Waals surface area contributed by atoms with E-state index >= 15 is 0 Å². The van der Waals surface area contributed by atoms with Gasteiger partial charge in [0.15, 0.2) is 6.10 Å². The summed E-state index contributed by atoms with van der Waals surface area (Å²) in [5.41, 5.74) is 0.865. The predicted octanol–water partition coefficient (Wildman–Crippen LogP) is 4.17. The molecule has 2 N–H and O–H groups in total. The molecule has 0 saturated heterocycles. The largest absolute Gasteiger partial charge is 0.495 e. The van der Waals surface area contributed by atoms with Crippen LogP contribution in [0.15, 0.2) is 73.3 Å². The van der Waals surface area contributed by atoms with Crippen LogP contribution in [0.3, 0.4) is 0 Å². The van der Waals surface area contributed by atoms with E-state index in [-0.39, 0.29) is 11.8 Å². The number of anilines is 1. The lowest BCUT2D eigenvalue weighted by atomic mass is 10.0. The van der Waals surface area contributed by atoms with E-state index in [1.165, 1.54) is 0 Å². The summed E-state index contributed by atoms with van der Waals surface area (Å²) < 4.78 is 11.2. The third-order valence-corrected chi connectivity index (χ3v) is 4.54. The summed E-state index contributed by atoms with van der Waals surface area (Å²) in [6, 6.07) is 18.3. The van der Waals surface area contributed by atoms with Gasteiger partial charge in [-0.25, -0.2) is 0 Å². The van der Waals surface area contributed by atoms with Gasteiger partial charge in [0.05, 0.1) is 18.4 Å². The highest BCUT2D eigenvalue weighted by molar-refractivity contribution is 6.09. The van der Waals surface area contributed by atoms with E-state index in [0.717, 1.165) is 10.8 Å². The van der Waals surface area contributed by atoms with Crippen LogP contribution in [0.1, 0.15) is 17.3 Å². The molecule has 0 fully saturated rings. The number of benzene rings is 3. The first kappa shape index (κ1) is 20.9. The number of fused-ring (bicyclic) bond motifs is 1. The fourth-order valence-corrected chi connectivity index (χ4v) is 2.99. The fraction of sp³-hybridized carbons (Fsp3) is 0.167. The van der Waals surface area contributed by atoms with Gasteiger partial charge in [-0.05, 0) is 42.0 Å². The molecule has 0 aliphatic carbocycles.